The number of aryl methyl sites for hydroxylation is 2. The number of rotatable bonds is 8. The number of benzene rings is 7. The lowest BCUT2D eigenvalue weighted by atomic mass is 9.82. The Hall–Kier alpha value is -6.12. The lowest BCUT2D eigenvalue weighted by Gasteiger charge is -2.28. The summed E-state index contributed by atoms with van der Waals surface area (Å²) in [5.41, 5.74) is 17.1. The Kier molecular flexibility index (Phi) is 8.37. The highest BCUT2D eigenvalue weighted by Gasteiger charge is 2.35. The maximum atomic E-state index is 2.39. The third-order valence-electron chi connectivity index (χ3n) is 10.3. The molecule has 1 aliphatic rings. The second-order valence-corrected chi connectivity index (χ2v) is 14.0. The van der Waals surface area contributed by atoms with Crippen LogP contribution in [-0.4, -0.2) is 0 Å². The maximum Gasteiger partial charge on any atom is 0.0490 e. The van der Waals surface area contributed by atoms with Gasteiger partial charge in [0.1, 0.15) is 0 Å². The summed E-state index contributed by atoms with van der Waals surface area (Å²) in [7, 11) is 0. The largest absolute Gasteiger partial charge is 0.310 e. The molecular weight excluding hydrogens is 617 g/mol. The van der Waals surface area contributed by atoms with E-state index in [1.54, 1.807) is 0 Å². The molecule has 0 fully saturated rings. The van der Waals surface area contributed by atoms with Gasteiger partial charge in [0, 0.05) is 39.5 Å². The van der Waals surface area contributed by atoms with Gasteiger partial charge in [0.25, 0.3) is 0 Å². The van der Waals surface area contributed by atoms with Gasteiger partial charge in [0.2, 0.25) is 0 Å². The molecule has 0 atom stereocenters. The molecule has 0 saturated heterocycles. The molecule has 0 aliphatic heterocycles. The standard InChI is InChI=1S/C49H42N2/c1-35-14-8-12-20-47(35)51(48-21-13-9-15-36(48)2)41-30-26-38(27-31-41)23-22-37-24-28-40(29-25-37)50(39-16-6-5-7-17-39)42-32-33-44-43-18-10-11-19-45(43)49(3,4)46(44)34-42/h5-34H,1-4H3/b23-22+. The molecule has 0 spiro atoms. The van der Waals surface area contributed by atoms with Crippen molar-refractivity contribution in [1.82, 2.24) is 0 Å². The Labute approximate surface area is 302 Å². The number of anilines is 6. The Morgan fingerprint density at radius 1 is 0.392 bits per heavy atom. The Balaban J connectivity index is 1.07. The van der Waals surface area contributed by atoms with Crippen molar-refractivity contribution in [3.63, 3.8) is 0 Å². The van der Waals surface area contributed by atoms with E-state index >= 15 is 0 Å². The molecule has 0 unspecified atom stereocenters. The van der Waals surface area contributed by atoms with Crippen LogP contribution in [0.3, 0.4) is 0 Å². The highest BCUT2D eigenvalue weighted by atomic mass is 15.1. The lowest BCUT2D eigenvalue weighted by molar-refractivity contribution is 0.660. The minimum atomic E-state index is -0.0591. The number of hydrogen-bond donors (Lipinski definition) is 0. The van der Waals surface area contributed by atoms with E-state index in [1.165, 1.54) is 44.8 Å². The molecule has 248 valence electrons. The third kappa shape index (κ3) is 6.04. The van der Waals surface area contributed by atoms with Crippen LogP contribution in [0.25, 0.3) is 23.3 Å². The Morgan fingerprint density at radius 2 is 0.843 bits per heavy atom. The predicted octanol–water partition coefficient (Wildman–Crippen LogP) is 13.7. The quantitative estimate of drug-likeness (QED) is 0.150. The van der Waals surface area contributed by atoms with Crippen molar-refractivity contribution in [3.05, 3.63) is 203 Å². The summed E-state index contributed by atoms with van der Waals surface area (Å²) >= 11 is 0. The first-order chi connectivity index (χ1) is 24.9. The van der Waals surface area contributed by atoms with E-state index in [9.17, 15) is 0 Å². The van der Waals surface area contributed by atoms with Gasteiger partial charge >= 0.3 is 0 Å². The van der Waals surface area contributed by atoms with Crippen LogP contribution in [0, 0.1) is 13.8 Å². The molecule has 8 rings (SSSR count). The van der Waals surface area contributed by atoms with E-state index in [0.29, 0.717) is 0 Å². The van der Waals surface area contributed by atoms with Crippen LogP contribution in [0.15, 0.2) is 170 Å². The fourth-order valence-electron chi connectivity index (χ4n) is 7.55. The van der Waals surface area contributed by atoms with Gasteiger partial charge < -0.3 is 9.80 Å². The first-order valence-corrected chi connectivity index (χ1v) is 17.8. The molecule has 0 heterocycles. The predicted molar refractivity (Wildman–Crippen MR) is 218 cm³/mol. The highest BCUT2D eigenvalue weighted by Crippen LogP contribution is 2.50. The highest BCUT2D eigenvalue weighted by molar-refractivity contribution is 5.86. The van der Waals surface area contributed by atoms with Crippen molar-refractivity contribution in [2.75, 3.05) is 9.80 Å². The second kappa shape index (κ2) is 13.3. The summed E-state index contributed by atoms with van der Waals surface area (Å²) in [5.74, 6) is 0. The van der Waals surface area contributed by atoms with E-state index in [0.717, 1.165) is 33.9 Å². The Morgan fingerprint density at radius 3 is 1.43 bits per heavy atom. The van der Waals surface area contributed by atoms with E-state index in [1.807, 2.05) is 0 Å². The topological polar surface area (TPSA) is 6.48 Å². The van der Waals surface area contributed by atoms with Crippen LogP contribution in [0.2, 0.25) is 0 Å². The van der Waals surface area contributed by atoms with Gasteiger partial charge in [0.05, 0.1) is 0 Å². The van der Waals surface area contributed by atoms with E-state index in [4.69, 9.17) is 0 Å². The molecule has 2 heteroatoms. The molecule has 51 heavy (non-hydrogen) atoms. The van der Waals surface area contributed by atoms with Crippen LogP contribution >= 0.6 is 0 Å². The van der Waals surface area contributed by atoms with Gasteiger partial charge in [-0.2, -0.15) is 0 Å². The minimum Gasteiger partial charge on any atom is -0.310 e. The smallest absolute Gasteiger partial charge is 0.0490 e. The van der Waals surface area contributed by atoms with Crippen molar-refractivity contribution in [1.29, 1.82) is 0 Å². The first-order valence-electron chi connectivity index (χ1n) is 17.8. The van der Waals surface area contributed by atoms with Crippen LogP contribution in [0.5, 0.6) is 0 Å². The second-order valence-electron chi connectivity index (χ2n) is 14.0. The summed E-state index contributed by atoms with van der Waals surface area (Å²) in [6.45, 7) is 9.03. The third-order valence-corrected chi connectivity index (χ3v) is 10.3. The molecule has 1 aliphatic carbocycles. The van der Waals surface area contributed by atoms with E-state index < -0.39 is 0 Å². The molecule has 0 amide bonds. The van der Waals surface area contributed by atoms with Crippen LogP contribution in [0.1, 0.15) is 47.2 Å². The average Bonchev–Trinajstić information content (AvgIpc) is 3.39. The molecule has 0 bridgehead atoms. The fraction of sp³-hybridized carbons (Fsp3) is 0.102. The summed E-state index contributed by atoms with van der Waals surface area (Å²) < 4.78 is 0. The van der Waals surface area contributed by atoms with Gasteiger partial charge in [-0.05, 0) is 119 Å². The Bertz CT molecular complexity index is 2300. The van der Waals surface area contributed by atoms with Crippen molar-refractivity contribution >= 4 is 46.3 Å². The lowest BCUT2D eigenvalue weighted by Crippen LogP contribution is -2.16. The fourth-order valence-corrected chi connectivity index (χ4v) is 7.55. The SMILES string of the molecule is Cc1ccccc1N(c1ccc(/C=C/c2ccc(N(c3ccccc3)c3ccc4c(c3)C(C)(C)c3ccccc3-4)cc2)cc1)c1ccccc1C. The molecule has 0 radical (unpaired) electrons. The zero-order valence-electron chi connectivity index (χ0n) is 29.7. The zero-order valence-corrected chi connectivity index (χ0v) is 29.7. The van der Waals surface area contributed by atoms with Crippen molar-refractivity contribution in [2.45, 2.75) is 33.1 Å². The zero-order chi connectivity index (χ0) is 35.0. The van der Waals surface area contributed by atoms with Crippen LogP contribution in [0.4, 0.5) is 34.1 Å². The minimum absolute atomic E-state index is 0.0591. The normalized spacial score (nSPS) is 12.8. The molecule has 0 saturated carbocycles. The number of nitrogens with zero attached hydrogens (tertiary/aromatic N) is 2. The van der Waals surface area contributed by atoms with Gasteiger partial charge in [0.15, 0.2) is 0 Å². The number of para-hydroxylation sites is 3. The maximum absolute atomic E-state index is 2.39. The molecule has 7 aromatic rings. The van der Waals surface area contributed by atoms with Crippen LogP contribution in [-0.2, 0) is 5.41 Å². The molecular formula is C49H42N2. The van der Waals surface area contributed by atoms with Crippen molar-refractivity contribution in [3.8, 4) is 11.1 Å². The van der Waals surface area contributed by atoms with Crippen molar-refractivity contribution < 1.29 is 0 Å². The average molecular weight is 659 g/mol. The number of hydrogen-bond acceptors (Lipinski definition) is 2. The number of fused-ring (bicyclic) bond motifs is 3. The van der Waals surface area contributed by atoms with Gasteiger partial charge in [-0.3, -0.25) is 0 Å². The van der Waals surface area contributed by atoms with Crippen molar-refractivity contribution in [2.24, 2.45) is 0 Å². The monoisotopic (exact) mass is 658 g/mol. The van der Waals surface area contributed by atoms with Crippen LogP contribution < -0.4 is 9.80 Å². The van der Waals surface area contributed by atoms with Gasteiger partial charge in [-0.1, -0.05) is 135 Å². The van der Waals surface area contributed by atoms with E-state index in [2.05, 4.69) is 220 Å². The van der Waals surface area contributed by atoms with Gasteiger partial charge in [-0.25, -0.2) is 0 Å². The molecule has 0 N–H and O–H groups in total. The molecule has 2 nitrogen and oxygen atoms in total. The summed E-state index contributed by atoms with van der Waals surface area (Å²) in [6, 6.07) is 61.3. The summed E-state index contributed by atoms with van der Waals surface area (Å²) in [6.07, 6.45) is 4.39. The van der Waals surface area contributed by atoms with Gasteiger partial charge in [-0.15, -0.1) is 0 Å². The molecule has 0 aromatic heterocycles. The summed E-state index contributed by atoms with van der Waals surface area (Å²) in [4.78, 5) is 4.72. The summed E-state index contributed by atoms with van der Waals surface area (Å²) in [5, 5.41) is 0. The van der Waals surface area contributed by atoms with E-state index in [-0.39, 0.29) is 5.41 Å². The first kappa shape index (κ1) is 32.1. The molecule has 7 aromatic carbocycles.